The number of ether oxygens (including phenoxy) is 2. The van der Waals surface area contributed by atoms with E-state index in [9.17, 15) is 0 Å². The molecule has 4 nitrogen and oxygen atoms in total. The molecule has 2 aromatic carbocycles. The van der Waals surface area contributed by atoms with Crippen molar-refractivity contribution in [3.8, 4) is 11.5 Å². The first-order valence-corrected chi connectivity index (χ1v) is 7.12. The third-order valence-electron chi connectivity index (χ3n) is 3.81. The minimum absolute atomic E-state index is 0.851. The molecule has 0 radical (unpaired) electrons. The third kappa shape index (κ3) is 2.81. The SMILES string of the molecule is COc1cccc(Nc2ccc(OC)c3c2CCNC3)c1. The quantitative estimate of drug-likeness (QED) is 0.905. The molecular formula is C17H20N2O2. The van der Waals surface area contributed by atoms with Crippen molar-refractivity contribution in [2.45, 2.75) is 13.0 Å². The minimum atomic E-state index is 0.851. The predicted octanol–water partition coefficient (Wildman–Crippen LogP) is 3.09. The van der Waals surface area contributed by atoms with Gasteiger partial charge in [0.25, 0.3) is 0 Å². The second-order valence-corrected chi connectivity index (χ2v) is 5.06. The van der Waals surface area contributed by atoms with Gasteiger partial charge < -0.3 is 20.1 Å². The summed E-state index contributed by atoms with van der Waals surface area (Å²) in [5.41, 5.74) is 4.74. The summed E-state index contributed by atoms with van der Waals surface area (Å²) < 4.78 is 10.7. The lowest BCUT2D eigenvalue weighted by Gasteiger charge is -2.23. The lowest BCUT2D eigenvalue weighted by molar-refractivity contribution is 0.405. The topological polar surface area (TPSA) is 42.5 Å². The van der Waals surface area contributed by atoms with Crippen LogP contribution in [0.4, 0.5) is 11.4 Å². The van der Waals surface area contributed by atoms with Crippen molar-refractivity contribution in [1.29, 1.82) is 0 Å². The highest BCUT2D eigenvalue weighted by Gasteiger charge is 2.17. The number of hydrogen-bond donors (Lipinski definition) is 2. The normalized spacial score (nSPS) is 13.4. The fraction of sp³-hybridized carbons (Fsp3) is 0.294. The van der Waals surface area contributed by atoms with Crippen LogP contribution >= 0.6 is 0 Å². The highest BCUT2D eigenvalue weighted by atomic mass is 16.5. The summed E-state index contributed by atoms with van der Waals surface area (Å²) in [6.45, 7) is 1.85. The van der Waals surface area contributed by atoms with E-state index in [1.807, 2.05) is 30.3 Å². The van der Waals surface area contributed by atoms with E-state index in [4.69, 9.17) is 9.47 Å². The first-order valence-electron chi connectivity index (χ1n) is 7.12. The zero-order valence-corrected chi connectivity index (χ0v) is 12.4. The number of rotatable bonds is 4. The van der Waals surface area contributed by atoms with E-state index in [2.05, 4.69) is 16.7 Å². The molecule has 4 heteroatoms. The highest BCUT2D eigenvalue weighted by Crippen LogP contribution is 2.33. The Morgan fingerprint density at radius 2 is 1.95 bits per heavy atom. The van der Waals surface area contributed by atoms with Crippen molar-refractivity contribution in [1.82, 2.24) is 5.32 Å². The molecule has 110 valence electrons. The monoisotopic (exact) mass is 284 g/mol. The van der Waals surface area contributed by atoms with Crippen LogP contribution in [0, 0.1) is 0 Å². The lowest BCUT2D eigenvalue weighted by atomic mass is 9.97. The first-order chi connectivity index (χ1) is 10.3. The molecule has 21 heavy (non-hydrogen) atoms. The van der Waals surface area contributed by atoms with Gasteiger partial charge in [0.2, 0.25) is 0 Å². The fourth-order valence-electron chi connectivity index (χ4n) is 2.74. The molecule has 1 aliphatic rings. The molecule has 2 N–H and O–H groups in total. The average Bonchev–Trinajstić information content (AvgIpc) is 2.55. The van der Waals surface area contributed by atoms with Crippen molar-refractivity contribution in [3.05, 3.63) is 47.5 Å². The van der Waals surface area contributed by atoms with Gasteiger partial charge in [0.15, 0.2) is 0 Å². The van der Waals surface area contributed by atoms with E-state index in [1.165, 1.54) is 11.1 Å². The van der Waals surface area contributed by atoms with Crippen molar-refractivity contribution >= 4 is 11.4 Å². The van der Waals surface area contributed by atoms with Crippen LogP contribution < -0.4 is 20.1 Å². The molecule has 3 rings (SSSR count). The number of hydrogen-bond acceptors (Lipinski definition) is 4. The van der Waals surface area contributed by atoms with Gasteiger partial charge >= 0.3 is 0 Å². The molecule has 1 heterocycles. The van der Waals surface area contributed by atoms with Crippen molar-refractivity contribution in [2.75, 3.05) is 26.1 Å². The molecule has 0 saturated carbocycles. The summed E-state index contributed by atoms with van der Waals surface area (Å²) in [5.74, 6) is 1.80. The molecule has 1 aliphatic heterocycles. The van der Waals surface area contributed by atoms with Gasteiger partial charge in [-0.25, -0.2) is 0 Å². The van der Waals surface area contributed by atoms with E-state index in [0.717, 1.165) is 42.4 Å². The van der Waals surface area contributed by atoms with Gasteiger partial charge in [0.1, 0.15) is 11.5 Å². The van der Waals surface area contributed by atoms with Crippen LogP contribution in [-0.4, -0.2) is 20.8 Å². The van der Waals surface area contributed by atoms with E-state index in [0.29, 0.717) is 0 Å². The number of anilines is 2. The minimum Gasteiger partial charge on any atom is -0.497 e. The van der Waals surface area contributed by atoms with E-state index < -0.39 is 0 Å². The van der Waals surface area contributed by atoms with Crippen LogP contribution in [0.1, 0.15) is 11.1 Å². The number of benzene rings is 2. The molecule has 0 amide bonds. The van der Waals surface area contributed by atoms with Crippen LogP contribution in [-0.2, 0) is 13.0 Å². The largest absolute Gasteiger partial charge is 0.497 e. The second kappa shape index (κ2) is 6.06. The summed E-state index contributed by atoms with van der Waals surface area (Å²) in [6, 6.07) is 12.1. The maximum Gasteiger partial charge on any atom is 0.123 e. The lowest BCUT2D eigenvalue weighted by Crippen LogP contribution is -2.24. The number of methoxy groups -OCH3 is 2. The van der Waals surface area contributed by atoms with Gasteiger partial charge in [-0.1, -0.05) is 6.07 Å². The van der Waals surface area contributed by atoms with Crippen LogP contribution in [0.25, 0.3) is 0 Å². The van der Waals surface area contributed by atoms with Crippen molar-refractivity contribution < 1.29 is 9.47 Å². The predicted molar refractivity (Wildman–Crippen MR) is 84.7 cm³/mol. The second-order valence-electron chi connectivity index (χ2n) is 5.06. The molecule has 0 unspecified atom stereocenters. The summed E-state index contributed by atoms with van der Waals surface area (Å²) in [6.07, 6.45) is 0.999. The molecule has 0 aliphatic carbocycles. The van der Waals surface area contributed by atoms with E-state index >= 15 is 0 Å². The third-order valence-corrected chi connectivity index (χ3v) is 3.81. The van der Waals surface area contributed by atoms with Gasteiger partial charge in [0, 0.05) is 29.5 Å². The van der Waals surface area contributed by atoms with Crippen LogP contribution in [0.2, 0.25) is 0 Å². The summed E-state index contributed by atoms with van der Waals surface area (Å²) in [4.78, 5) is 0. The smallest absolute Gasteiger partial charge is 0.123 e. The summed E-state index contributed by atoms with van der Waals surface area (Å²) in [7, 11) is 3.40. The Hall–Kier alpha value is -2.20. The Morgan fingerprint density at radius 1 is 1.05 bits per heavy atom. The van der Waals surface area contributed by atoms with Crippen LogP contribution in [0.3, 0.4) is 0 Å². The Labute approximate surface area is 125 Å². The fourth-order valence-corrected chi connectivity index (χ4v) is 2.74. The Bertz CT molecular complexity index is 641. The molecule has 0 fully saturated rings. The van der Waals surface area contributed by atoms with Gasteiger partial charge in [0.05, 0.1) is 14.2 Å². The number of fused-ring (bicyclic) bond motifs is 1. The molecule has 2 aromatic rings. The van der Waals surface area contributed by atoms with E-state index in [-0.39, 0.29) is 0 Å². The van der Waals surface area contributed by atoms with Crippen molar-refractivity contribution in [3.63, 3.8) is 0 Å². The Balaban J connectivity index is 1.95. The Morgan fingerprint density at radius 3 is 2.76 bits per heavy atom. The molecule has 0 atom stereocenters. The molecule has 0 aromatic heterocycles. The zero-order chi connectivity index (χ0) is 14.7. The molecule has 0 saturated heterocycles. The zero-order valence-electron chi connectivity index (χ0n) is 12.4. The molecule has 0 spiro atoms. The number of nitrogens with one attached hydrogen (secondary N) is 2. The maximum atomic E-state index is 5.47. The van der Waals surface area contributed by atoms with Gasteiger partial charge in [-0.2, -0.15) is 0 Å². The average molecular weight is 284 g/mol. The summed E-state index contributed by atoms with van der Waals surface area (Å²) in [5, 5.41) is 6.89. The Kier molecular flexibility index (Phi) is 3.97. The van der Waals surface area contributed by atoms with Crippen LogP contribution in [0.15, 0.2) is 36.4 Å². The van der Waals surface area contributed by atoms with Gasteiger partial charge in [-0.3, -0.25) is 0 Å². The molecular weight excluding hydrogens is 264 g/mol. The van der Waals surface area contributed by atoms with Gasteiger partial charge in [-0.15, -0.1) is 0 Å². The van der Waals surface area contributed by atoms with Gasteiger partial charge in [-0.05, 0) is 42.8 Å². The van der Waals surface area contributed by atoms with Crippen molar-refractivity contribution in [2.24, 2.45) is 0 Å². The standard InChI is InChI=1S/C17H20N2O2/c1-20-13-5-3-4-12(10-13)19-16-6-7-17(21-2)15-11-18-9-8-14(15)16/h3-7,10,18-19H,8-9,11H2,1-2H3. The maximum absolute atomic E-state index is 5.47. The summed E-state index contributed by atoms with van der Waals surface area (Å²) >= 11 is 0. The molecule has 0 bridgehead atoms. The highest BCUT2D eigenvalue weighted by molar-refractivity contribution is 5.68. The van der Waals surface area contributed by atoms with Crippen LogP contribution in [0.5, 0.6) is 11.5 Å². The first kappa shape index (κ1) is 13.8. The van der Waals surface area contributed by atoms with E-state index in [1.54, 1.807) is 14.2 Å².